The number of fused-ring (bicyclic) bond motifs is 1. The Hall–Kier alpha value is -3.11. The number of hydrogen-bond acceptors (Lipinski definition) is 9. The van der Waals surface area contributed by atoms with Crippen LogP contribution in [0.25, 0.3) is 21.6 Å². The number of anilines is 2. The zero-order valence-corrected chi connectivity index (χ0v) is 20.3. The van der Waals surface area contributed by atoms with Crippen LogP contribution in [0, 0.1) is 0 Å². The highest BCUT2D eigenvalue weighted by atomic mass is 32.1. The van der Waals surface area contributed by atoms with Crippen LogP contribution < -0.4 is 9.91 Å². The molecule has 3 heterocycles. The van der Waals surface area contributed by atoms with Gasteiger partial charge >= 0.3 is 6.09 Å². The number of hydrazine groups is 1. The first-order valence-corrected chi connectivity index (χ1v) is 11.6. The van der Waals surface area contributed by atoms with Crippen LogP contribution in [-0.4, -0.2) is 72.2 Å². The molecule has 1 amide bonds. The largest absolute Gasteiger partial charge is 0.508 e. The normalized spacial score (nSPS) is 14.4. The molecule has 0 spiro atoms. The third-order valence-electron chi connectivity index (χ3n) is 5.18. The highest BCUT2D eigenvalue weighted by molar-refractivity contribution is 7.23. The van der Waals surface area contributed by atoms with Gasteiger partial charge in [0.05, 0.1) is 23.4 Å². The summed E-state index contributed by atoms with van der Waals surface area (Å²) in [7, 11) is 3.48. The van der Waals surface area contributed by atoms with E-state index in [1.165, 1.54) is 16.3 Å². The lowest BCUT2D eigenvalue weighted by molar-refractivity contribution is 0.0289. The van der Waals surface area contributed by atoms with Crippen LogP contribution in [0.5, 0.6) is 5.75 Å². The molecular formula is C23H29N5O4S. The maximum Gasteiger partial charge on any atom is 0.429 e. The second-order valence-corrected chi connectivity index (χ2v) is 9.88. The summed E-state index contributed by atoms with van der Waals surface area (Å²) >= 11 is 1.52. The molecule has 9 nitrogen and oxygen atoms in total. The van der Waals surface area contributed by atoms with E-state index < -0.39 is 11.7 Å². The van der Waals surface area contributed by atoms with Gasteiger partial charge in [0.15, 0.2) is 11.6 Å². The van der Waals surface area contributed by atoms with Gasteiger partial charge in [-0.2, -0.15) is 0 Å². The van der Waals surface area contributed by atoms with E-state index in [-0.39, 0.29) is 5.75 Å². The number of carbonyl (C=O) groups excluding carboxylic acids is 1. The van der Waals surface area contributed by atoms with E-state index in [0.29, 0.717) is 19.0 Å². The van der Waals surface area contributed by atoms with Crippen LogP contribution in [0.4, 0.5) is 15.6 Å². The van der Waals surface area contributed by atoms with Gasteiger partial charge in [-0.05, 0) is 32.9 Å². The van der Waals surface area contributed by atoms with Crippen molar-refractivity contribution in [1.82, 2.24) is 15.0 Å². The smallest absolute Gasteiger partial charge is 0.429 e. The van der Waals surface area contributed by atoms with Crippen LogP contribution in [0.3, 0.4) is 0 Å². The van der Waals surface area contributed by atoms with Crippen molar-refractivity contribution in [2.45, 2.75) is 26.4 Å². The summed E-state index contributed by atoms with van der Waals surface area (Å²) in [6.45, 7) is 8.24. The van der Waals surface area contributed by atoms with E-state index >= 15 is 0 Å². The summed E-state index contributed by atoms with van der Waals surface area (Å²) in [5, 5.41) is 14.0. The molecule has 4 rings (SSSR count). The minimum absolute atomic E-state index is 0.161. The van der Waals surface area contributed by atoms with Crippen LogP contribution in [0.2, 0.25) is 0 Å². The van der Waals surface area contributed by atoms with Crippen LogP contribution >= 0.6 is 11.3 Å². The first-order chi connectivity index (χ1) is 15.6. The number of aromatic hydroxyl groups is 1. The number of thiophene rings is 1. The Morgan fingerprint density at radius 1 is 1.18 bits per heavy atom. The van der Waals surface area contributed by atoms with Crippen molar-refractivity contribution in [2.75, 3.05) is 50.3 Å². The number of benzene rings is 1. The number of phenolic OH excluding ortho intramolecular Hbond substituents is 1. The standard InChI is InChI=1S/C23H29N5O4S/c1-23(2,3)32-22(30)27(5)26(4)18-14-17-19(33-18)21(28-9-11-31-12-10-28)25-20(24-17)15-7-6-8-16(29)13-15/h6-8,13-14,29H,9-12H2,1-5H3. The maximum absolute atomic E-state index is 12.6. The average molecular weight is 472 g/mol. The zero-order chi connectivity index (χ0) is 23.8. The van der Waals surface area contributed by atoms with Crippen molar-refractivity contribution < 1.29 is 19.4 Å². The number of amides is 1. The molecule has 176 valence electrons. The Kier molecular flexibility index (Phi) is 6.31. The molecule has 1 saturated heterocycles. The van der Waals surface area contributed by atoms with Crippen LogP contribution in [-0.2, 0) is 9.47 Å². The Bertz CT molecular complexity index is 1150. The van der Waals surface area contributed by atoms with Crippen molar-refractivity contribution in [1.29, 1.82) is 0 Å². The Balaban J connectivity index is 1.75. The number of carbonyl (C=O) groups is 1. The second-order valence-electron chi connectivity index (χ2n) is 8.85. The molecule has 1 aliphatic heterocycles. The molecule has 0 unspecified atom stereocenters. The fraction of sp³-hybridized carbons (Fsp3) is 0.435. The van der Waals surface area contributed by atoms with E-state index in [1.54, 1.807) is 30.3 Å². The minimum Gasteiger partial charge on any atom is -0.508 e. The predicted octanol–water partition coefficient (Wildman–Crippen LogP) is 4.12. The summed E-state index contributed by atoms with van der Waals surface area (Å²) in [5.74, 6) is 1.52. The molecular weight excluding hydrogens is 442 g/mol. The predicted molar refractivity (Wildman–Crippen MR) is 130 cm³/mol. The van der Waals surface area contributed by atoms with Crippen molar-refractivity contribution in [3.8, 4) is 17.1 Å². The number of aromatic nitrogens is 2. The lowest BCUT2D eigenvalue weighted by atomic mass is 10.2. The molecule has 0 aliphatic carbocycles. The van der Waals surface area contributed by atoms with Gasteiger partial charge < -0.3 is 19.5 Å². The second kappa shape index (κ2) is 9.03. The van der Waals surface area contributed by atoms with Gasteiger partial charge in [-0.15, -0.1) is 11.3 Å². The molecule has 0 bridgehead atoms. The monoisotopic (exact) mass is 471 g/mol. The van der Waals surface area contributed by atoms with E-state index in [2.05, 4.69) is 4.90 Å². The fourth-order valence-corrected chi connectivity index (χ4v) is 4.53. The third-order valence-corrected chi connectivity index (χ3v) is 6.37. The van der Waals surface area contributed by atoms with Gasteiger partial charge in [0.2, 0.25) is 0 Å². The van der Waals surface area contributed by atoms with Gasteiger partial charge in [-0.1, -0.05) is 12.1 Å². The van der Waals surface area contributed by atoms with E-state index in [4.69, 9.17) is 19.4 Å². The zero-order valence-electron chi connectivity index (χ0n) is 19.5. The summed E-state index contributed by atoms with van der Waals surface area (Å²) in [4.78, 5) is 24.4. The summed E-state index contributed by atoms with van der Waals surface area (Å²) in [6, 6.07) is 8.86. The minimum atomic E-state index is -0.586. The Morgan fingerprint density at radius 2 is 1.91 bits per heavy atom. The van der Waals surface area contributed by atoms with Gasteiger partial charge in [0, 0.05) is 38.8 Å². The molecule has 1 fully saturated rings. The number of nitrogens with zero attached hydrogens (tertiary/aromatic N) is 5. The molecule has 0 saturated carbocycles. The fourth-order valence-electron chi connectivity index (χ4n) is 3.42. The van der Waals surface area contributed by atoms with Crippen molar-refractivity contribution in [2.24, 2.45) is 0 Å². The van der Waals surface area contributed by atoms with E-state index in [0.717, 1.165) is 39.7 Å². The third kappa shape index (κ3) is 5.12. The summed E-state index contributed by atoms with van der Waals surface area (Å²) in [6.07, 6.45) is -0.442. The summed E-state index contributed by atoms with van der Waals surface area (Å²) < 4.78 is 12.0. The molecule has 2 aromatic heterocycles. The molecule has 1 aromatic carbocycles. The van der Waals surface area contributed by atoms with Gasteiger partial charge in [0.1, 0.15) is 16.4 Å². The molecule has 0 atom stereocenters. The Morgan fingerprint density at radius 3 is 2.58 bits per heavy atom. The molecule has 1 N–H and O–H groups in total. The number of ether oxygens (including phenoxy) is 2. The van der Waals surface area contributed by atoms with Crippen molar-refractivity contribution in [3.05, 3.63) is 30.3 Å². The highest BCUT2D eigenvalue weighted by Gasteiger charge is 2.25. The first kappa shape index (κ1) is 23.1. The van der Waals surface area contributed by atoms with E-state index in [1.807, 2.05) is 40.0 Å². The molecule has 10 heteroatoms. The number of morpholine rings is 1. The molecule has 33 heavy (non-hydrogen) atoms. The number of rotatable bonds is 4. The molecule has 1 aliphatic rings. The summed E-state index contributed by atoms with van der Waals surface area (Å²) in [5.41, 5.74) is 0.921. The van der Waals surface area contributed by atoms with E-state index in [9.17, 15) is 9.90 Å². The molecule has 3 aromatic rings. The number of hydrogen-bond donors (Lipinski definition) is 1. The lowest BCUT2D eigenvalue weighted by Gasteiger charge is -2.31. The van der Waals surface area contributed by atoms with Crippen molar-refractivity contribution in [3.63, 3.8) is 0 Å². The van der Waals surface area contributed by atoms with Gasteiger partial charge in [-0.3, -0.25) is 5.01 Å². The lowest BCUT2D eigenvalue weighted by Crippen LogP contribution is -2.43. The number of phenols is 1. The SMILES string of the molecule is CN(C(=O)OC(C)(C)C)N(C)c1cc2nc(-c3cccc(O)c3)nc(N3CCOCC3)c2s1. The highest BCUT2D eigenvalue weighted by Crippen LogP contribution is 2.38. The van der Waals surface area contributed by atoms with Gasteiger partial charge in [-0.25, -0.2) is 19.8 Å². The Labute approximate surface area is 197 Å². The first-order valence-electron chi connectivity index (χ1n) is 10.8. The van der Waals surface area contributed by atoms with Crippen molar-refractivity contribution >= 4 is 38.5 Å². The van der Waals surface area contributed by atoms with Gasteiger partial charge in [0.25, 0.3) is 0 Å². The van der Waals surface area contributed by atoms with Crippen LogP contribution in [0.1, 0.15) is 20.8 Å². The average Bonchev–Trinajstić information content (AvgIpc) is 3.21. The van der Waals surface area contributed by atoms with Crippen LogP contribution in [0.15, 0.2) is 30.3 Å². The topological polar surface area (TPSA) is 91.3 Å². The maximum atomic E-state index is 12.6. The quantitative estimate of drug-likeness (QED) is 0.568. The molecule has 0 radical (unpaired) electrons.